The largest absolute Gasteiger partial charge is 0.338 e. The third-order valence-electron chi connectivity index (χ3n) is 5.25. The molecule has 1 saturated heterocycles. The average Bonchev–Trinajstić information content (AvgIpc) is 3.39. The summed E-state index contributed by atoms with van der Waals surface area (Å²) in [6.07, 6.45) is 6.27. The van der Waals surface area contributed by atoms with E-state index in [9.17, 15) is 4.79 Å². The van der Waals surface area contributed by atoms with Crippen molar-refractivity contribution in [1.82, 2.24) is 19.9 Å². The number of fused-ring (bicyclic) bond motifs is 4. The number of carbonyl (C=O) groups is 1. The molecule has 0 unspecified atom stereocenters. The van der Waals surface area contributed by atoms with Gasteiger partial charge in [-0.1, -0.05) is 17.3 Å². The summed E-state index contributed by atoms with van der Waals surface area (Å²) in [7, 11) is 0. The van der Waals surface area contributed by atoms with Crippen molar-refractivity contribution in [1.29, 1.82) is 0 Å². The lowest BCUT2D eigenvalue weighted by atomic mass is 10.0. The number of hydrogen-bond acceptors (Lipinski definition) is 8. The van der Waals surface area contributed by atoms with Gasteiger partial charge in [-0.05, 0) is 11.4 Å². The fourth-order valence-electron chi connectivity index (χ4n) is 3.88. The fraction of sp³-hybridized carbons (Fsp3) is 0.300. The monoisotopic (exact) mass is 408 g/mol. The standard InChI is InChI=1S/C20H20N6O2S/c1-3-7-24(8-4-2)11-15-22-19(23-28-15)16-17-13-5-9-25(13)20(27)18-14(6-10-29-18)26(17)12-21-16/h3-4,6,10,12,16H,1-2,5,7-9,11H2/t16-/m0/s1. The van der Waals surface area contributed by atoms with Crippen LogP contribution in [0.25, 0.3) is 0 Å². The normalized spacial score (nSPS) is 19.8. The number of nitrogens with zero attached hydrogens (tertiary/aromatic N) is 6. The van der Waals surface area contributed by atoms with Crippen LogP contribution < -0.4 is 4.90 Å². The predicted octanol–water partition coefficient (Wildman–Crippen LogP) is 2.97. The van der Waals surface area contributed by atoms with Crippen LogP contribution in [-0.2, 0) is 6.54 Å². The molecule has 148 valence electrons. The summed E-state index contributed by atoms with van der Waals surface area (Å²) in [6, 6.07) is 1.58. The van der Waals surface area contributed by atoms with Gasteiger partial charge < -0.3 is 9.42 Å². The topological polar surface area (TPSA) is 78.1 Å². The molecule has 5 heterocycles. The maximum absolute atomic E-state index is 12.8. The van der Waals surface area contributed by atoms with Gasteiger partial charge in [-0.2, -0.15) is 4.98 Å². The Morgan fingerprint density at radius 3 is 2.90 bits per heavy atom. The molecule has 0 spiro atoms. The maximum Gasteiger partial charge on any atom is 0.270 e. The number of hydrogen-bond donors (Lipinski definition) is 0. The van der Waals surface area contributed by atoms with Crippen molar-refractivity contribution in [3.05, 3.63) is 64.7 Å². The van der Waals surface area contributed by atoms with Gasteiger partial charge in [0.1, 0.15) is 4.88 Å². The molecule has 0 aromatic carbocycles. The molecule has 2 aromatic heterocycles. The van der Waals surface area contributed by atoms with Gasteiger partial charge in [0.25, 0.3) is 5.91 Å². The first-order valence-electron chi connectivity index (χ1n) is 9.42. The number of aliphatic imine (C=N–C) groups is 1. The second kappa shape index (κ2) is 7.09. The van der Waals surface area contributed by atoms with Gasteiger partial charge in [0.2, 0.25) is 11.7 Å². The van der Waals surface area contributed by atoms with E-state index in [1.165, 1.54) is 11.3 Å². The first-order valence-corrected chi connectivity index (χ1v) is 10.3. The highest BCUT2D eigenvalue weighted by Gasteiger charge is 2.44. The third-order valence-corrected chi connectivity index (χ3v) is 6.14. The fourth-order valence-corrected chi connectivity index (χ4v) is 4.71. The SMILES string of the molecule is C=CCN(CC=C)Cc1nc([C@H]2N=CN3C2=C2CCN2C(=O)c2sccc23)no1. The van der Waals surface area contributed by atoms with E-state index in [2.05, 4.69) is 33.2 Å². The Kier molecular flexibility index (Phi) is 4.40. The molecule has 1 amide bonds. The number of carbonyl (C=O) groups excluding carboxylic acids is 1. The van der Waals surface area contributed by atoms with E-state index >= 15 is 0 Å². The second-order valence-corrected chi connectivity index (χ2v) is 7.94. The summed E-state index contributed by atoms with van der Waals surface area (Å²) in [5.41, 5.74) is 2.81. The molecule has 5 rings (SSSR count). The molecule has 8 nitrogen and oxygen atoms in total. The lowest BCUT2D eigenvalue weighted by molar-refractivity contribution is 0.0747. The van der Waals surface area contributed by atoms with Crippen LogP contribution in [0.5, 0.6) is 0 Å². The Morgan fingerprint density at radius 2 is 2.17 bits per heavy atom. The van der Waals surface area contributed by atoms with Gasteiger partial charge in [-0.3, -0.25) is 19.6 Å². The molecule has 0 saturated carbocycles. The first-order chi connectivity index (χ1) is 14.2. The number of thiophene rings is 1. The number of anilines is 1. The quantitative estimate of drug-likeness (QED) is 0.656. The van der Waals surface area contributed by atoms with Crippen LogP contribution in [0.1, 0.15) is 33.8 Å². The zero-order chi connectivity index (χ0) is 20.0. The van der Waals surface area contributed by atoms with E-state index in [0.717, 1.165) is 34.9 Å². The molecular formula is C20H20N6O2S. The molecule has 2 aromatic rings. The van der Waals surface area contributed by atoms with Crippen molar-refractivity contribution < 1.29 is 9.32 Å². The highest BCUT2D eigenvalue weighted by molar-refractivity contribution is 7.12. The van der Waals surface area contributed by atoms with E-state index < -0.39 is 0 Å². The molecule has 1 fully saturated rings. The Morgan fingerprint density at radius 1 is 1.34 bits per heavy atom. The van der Waals surface area contributed by atoms with Crippen LogP contribution in [0, 0.1) is 0 Å². The van der Waals surface area contributed by atoms with Crippen LogP contribution in [0.2, 0.25) is 0 Å². The van der Waals surface area contributed by atoms with Crippen LogP contribution in [0.3, 0.4) is 0 Å². The summed E-state index contributed by atoms with van der Waals surface area (Å²) in [6.45, 7) is 10.2. The molecule has 0 bridgehead atoms. The Hall–Kier alpha value is -3.04. The maximum atomic E-state index is 12.8. The Balaban J connectivity index is 1.46. The van der Waals surface area contributed by atoms with E-state index in [4.69, 9.17) is 4.52 Å². The minimum absolute atomic E-state index is 0.0589. The summed E-state index contributed by atoms with van der Waals surface area (Å²) in [4.78, 5) is 28.8. The van der Waals surface area contributed by atoms with E-state index in [1.54, 1.807) is 6.34 Å². The van der Waals surface area contributed by atoms with E-state index in [0.29, 0.717) is 31.3 Å². The van der Waals surface area contributed by atoms with Crippen molar-refractivity contribution in [3.8, 4) is 0 Å². The lowest BCUT2D eigenvalue weighted by Crippen LogP contribution is -2.40. The summed E-state index contributed by atoms with van der Waals surface area (Å²) < 4.78 is 5.50. The molecule has 1 atom stereocenters. The average molecular weight is 408 g/mol. The second-order valence-electron chi connectivity index (χ2n) is 7.03. The first kappa shape index (κ1) is 18.0. The van der Waals surface area contributed by atoms with E-state index in [-0.39, 0.29) is 11.9 Å². The smallest absolute Gasteiger partial charge is 0.270 e. The molecule has 0 aliphatic carbocycles. The summed E-state index contributed by atoms with van der Waals surface area (Å²) >= 11 is 1.46. The van der Waals surface area contributed by atoms with Crippen molar-refractivity contribution in [2.24, 2.45) is 4.99 Å². The van der Waals surface area contributed by atoms with Crippen LogP contribution in [-0.4, -0.2) is 51.8 Å². The van der Waals surface area contributed by atoms with Crippen LogP contribution >= 0.6 is 11.3 Å². The number of amides is 1. The summed E-state index contributed by atoms with van der Waals surface area (Å²) in [5.74, 6) is 1.09. The Labute approximate surface area is 172 Å². The van der Waals surface area contributed by atoms with Gasteiger partial charge in [-0.25, -0.2) is 0 Å². The van der Waals surface area contributed by atoms with Crippen molar-refractivity contribution in [3.63, 3.8) is 0 Å². The van der Waals surface area contributed by atoms with Crippen molar-refractivity contribution in [2.75, 3.05) is 24.5 Å². The molecule has 3 aliphatic heterocycles. The number of aromatic nitrogens is 2. The lowest BCUT2D eigenvalue weighted by Gasteiger charge is -2.35. The zero-order valence-electron chi connectivity index (χ0n) is 15.8. The summed E-state index contributed by atoms with van der Waals surface area (Å²) in [5, 5.41) is 6.14. The Bertz CT molecular complexity index is 1040. The molecule has 29 heavy (non-hydrogen) atoms. The van der Waals surface area contributed by atoms with Gasteiger partial charge in [0, 0.05) is 31.8 Å². The minimum Gasteiger partial charge on any atom is -0.338 e. The third kappa shape index (κ3) is 2.85. The van der Waals surface area contributed by atoms with E-state index in [1.807, 2.05) is 33.4 Å². The van der Waals surface area contributed by atoms with Crippen LogP contribution in [0.15, 0.2) is 57.7 Å². The molecule has 0 radical (unpaired) electrons. The zero-order valence-corrected chi connectivity index (χ0v) is 16.6. The molecule has 3 aliphatic rings. The molecular weight excluding hydrogens is 388 g/mol. The highest BCUT2D eigenvalue weighted by atomic mass is 32.1. The van der Waals surface area contributed by atoms with Crippen molar-refractivity contribution in [2.45, 2.75) is 19.0 Å². The van der Waals surface area contributed by atoms with Gasteiger partial charge in [0.15, 0.2) is 6.04 Å². The minimum atomic E-state index is -0.379. The predicted molar refractivity (Wildman–Crippen MR) is 111 cm³/mol. The van der Waals surface area contributed by atoms with Crippen molar-refractivity contribution >= 4 is 29.3 Å². The van der Waals surface area contributed by atoms with Gasteiger partial charge in [-0.15, -0.1) is 24.5 Å². The molecule has 9 heteroatoms. The van der Waals surface area contributed by atoms with Gasteiger partial charge >= 0.3 is 0 Å². The highest BCUT2D eigenvalue weighted by Crippen LogP contribution is 2.46. The number of rotatable bonds is 7. The van der Waals surface area contributed by atoms with Crippen LogP contribution in [0.4, 0.5) is 5.69 Å². The molecule has 0 N–H and O–H groups in total. The van der Waals surface area contributed by atoms with Gasteiger partial charge in [0.05, 0.1) is 24.3 Å².